The van der Waals surface area contributed by atoms with Crippen LogP contribution in [0.1, 0.15) is 40.0 Å². The molecule has 0 aromatic rings. The summed E-state index contributed by atoms with van der Waals surface area (Å²) in [6.45, 7) is 4.86. The molecule has 1 amide bonds. The average molecular weight is 267 g/mol. The summed E-state index contributed by atoms with van der Waals surface area (Å²) >= 11 is 0. The number of halogens is 2. The van der Waals surface area contributed by atoms with Crippen LogP contribution in [0.4, 0.5) is 13.6 Å². The van der Waals surface area contributed by atoms with Crippen molar-refractivity contribution in [1.29, 1.82) is 0 Å². The Morgan fingerprint density at radius 1 is 1.33 bits per heavy atom. The van der Waals surface area contributed by atoms with Crippen LogP contribution in [0.15, 0.2) is 0 Å². The van der Waals surface area contributed by atoms with E-state index >= 15 is 0 Å². The molecule has 0 aromatic heterocycles. The molecule has 106 valence electrons. The molecule has 0 unspecified atom stereocenters. The van der Waals surface area contributed by atoms with Crippen molar-refractivity contribution < 1.29 is 28.2 Å². The summed E-state index contributed by atoms with van der Waals surface area (Å²) in [5.41, 5.74) is -0.766. The molecule has 0 aromatic carbocycles. The smallest absolute Gasteiger partial charge is 0.408 e. The number of rotatable bonds is 6. The van der Waals surface area contributed by atoms with Crippen molar-refractivity contribution in [1.82, 2.24) is 5.32 Å². The first-order chi connectivity index (χ1) is 8.11. The highest BCUT2D eigenvalue weighted by Crippen LogP contribution is 2.12. The van der Waals surface area contributed by atoms with Crippen molar-refractivity contribution in [2.75, 3.05) is 0 Å². The number of carbonyl (C=O) groups excluding carboxylic acids is 1. The van der Waals surface area contributed by atoms with Crippen molar-refractivity contribution in [3.8, 4) is 0 Å². The van der Waals surface area contributed by atoms with Gasteiger partial charge in [-0.15, -0.1) is 0 Å². The number of alkyl halides is 2. The number of hydrogen-bond acceptors (Lipinski definition) is 3. The summed E-state index contributed by atoms with van der Waals surface area (Å²) in [4.78, 5) is 21.5. The van der Waals surface area contributed by atoms with Gasteiger partial charge >= 0.3 is 12.1 Å². The van der Waals surface area contributed by atoms with Gasteiger partial charge in [0.15, 0.2) is 0 Å². The number of ether oxygens (including phenoxy) is 1. The van der Waals surface area contributed by atoms with Gasteiger partial charge in [-0.1, -0.05) is 0 Å². The van der Waals surface area contributed by atoms with Gasteiger partial charge in [-0.25, -0.2) is 13.6 Å². The van der Waals surface area contributed by atoms with Gasteiger partial charge in [0.2, 0.25) is 0 Å². The highest BCUT2D eigenvalue weighted by atomic mass is 19.3. The Hall–Kier alpha value is -1.40. The molecule has 0 aliphatic carbocycles. The molecule has 5 nitrogen and oxygen atoms in total. The molecule has 0 aliphatic rings. The van der Waals surface area contributed by atoms with Crippen LogP contribution in [0.2, 0.25) is 0 Å². The van der Waals surface area contributed by atoms with E-state index in [1.165, 1.54) is 0 Å². The number of alkyl carbamates (subject to hydrolysis) is 1. The molecule has 0 radical (unpaired) electrons. The topological polar surface area (TPSA) is 75.6 Å². The van der Waals surface area contributed by atoms with E-state index in [-0.39, 0.29) is 19.3 Å². The van der Waals surface area contributed by atoms with E-state index in [0.29, 0.717) is 0 Å². The van der Waals surface area contributed by atoms with Gasteiger partial charge in [0.25, 0.3) is 6.43 Å². The third kappa shape index (κ3) is 8.72. The minimum Gasteiger partial charge on any atom is -0.481 e. The van der Waals surface area contributed by atoms with E-state index in [1.54, 1.807) is 20.8 Å². The molecule has 2 N–H and O–H groups in total. The molecule has 0 rings (SSSR count). The highest BCUT2D eigenvalue weighted by Gasteiger charge is 2.25. The van der Waals surface area contributed by atoms with E-state index in [9.17, 15) is 18.4 Å². The third-order valence-electron chi connectivity index (χ3n) is 1.91. The van der Waals surface area contributed by atoms with E-state index in [2.05, 4.69) is 0 Å². The number of hydrogen-bond donors (Lipinski definition) is 2. The lowest BCUT2D eigenvalue weighted by molar-refractivity contribution is -0.137. The number of aliphatic carboxylic acids is 1. The Morgan fingerprint density at radius 2 is 1.89 bits per heavy atom. The molecule has 0 bridgehead atoms. The molecular weight excluding hydrogens is 248 g/mol. The maximum absolute atomic E-state index is 12.6. The second kappa shape index (κ2) is 7.13. The molecule has 0 spiro atoms. The predicted octanol–water partition coefficient (Wildman–Crippen LogP) is 2.40. The van der Waals surface area contributed by atoms with Crippen molar-refractivity contribution in [2.45, 2.75) is 58.1 Å². The van der Waals surface area contributed by atoms with Crippen LogP contribution in [0.25, 0.3) is 0 Å². The van der Waals surface area contributed by atoms with Crippen LogP contribution in [-0.2, 0) is 9.53 Å². The van der Waals surface area contributed by atoms with Gasteiger partial charge < -0.3 is 15.2 Å². The number of amides is 1. The Kier molecular flexibility index (Phi) is 6.57. The Bertz CT molecular complexity index is 289. The van der Waals surface area contributed by atoms with Gasteiger partial charge in [0.05, 0.1) is 6.04 Å². The quantitative estimate of drug-likeness (QED) is 0.774. The fourth-order valence-corrected chi connectivity index (χ4v) is 1.19. The second-order valence-electron chi connectivity index (χ2n) is 4.87. The molecular formula is C11H19F2NO4. The molecule has 0 heterocycles. The SMILES string of the molecule is CC(C)(C)OC(=O)N[C@@H](CCCC(=O)O)C(F)F. The van der Waals surface area contributed by atoms with Gasteiger partial charge in [0, 0.05) is 6.42 Å². The third-order valence-corrected chi connectivity index (χ3v) is 1.91. The predicted molar refractivity (Wildman–Crippen MR) is 60.6 cm³/mol. The summed E-state index contributed by atoms with van der Waals surface area (Å²) < 4.78 is 30.0. The van der Waals surface area contributed by atoms with Crippen molar-refractivity contribution in [2.24, 2.45) is 0 Å². The van der Waals surface area contributed by atoms with Crippen LogP contribution in [0.3, 0.4) is 0 Å². The Labute approximate surface area is 105 Å². The molecule has 18 heavy (non-hydrogen) atoms. The second-order valence-corrected chi connectivity index (χ2v) is 4.87. The number of carboxylic acid groups (broad SMARTS) is 1. The fraction of sp³-hybridized carbons (Fsp3) is 0.818. The molecule has 0 saturated carbocycles. The lowest BCUT2D eigenvalue weighted by Crippen LogP contribution is -2.42. The van der Waals surface area contributed by atoms with Crippen LogP contribution in [0.5, 0.6) is 0 Å². The van der Waals surface area contributed by atoms with Gasteiger partial charge in [-0.2, -0.15) is 0 Å². The molecule has 7 heteroatoms. The van der Waals surface area contributed by atoms with Gasteiger partial charge in [-0.05, 0) is 33.6 Å². The van der Waals surface area contributed by atoms with Crippen LogP contribution in [-0.4, -0.2) is 35.2 Å². The number of carbonyl (C=O) groups is 2. The van der Waals surface area contributed by atoms with Crippen LogP contribution < -0.4 is 5.32 Å². The Morgan fingerprint density at radius 3 is 2.28 bits per heavy atom. The van der Waals surface area contributed by atoms with Crippen molar-refractivity contribution >= 4 is 12.1 Å². The normalized spacial score (nSPS) is 13.2. The maximum Gasteiger partial charge on any atom is 0.408 e. The minimum atomic E-state index is -2.76. The standard InChI is InChI=1S/C11H19F2NO4/c1-11(2,3)18-10(17)14-7(9(12)13)5-4-6-8(15)16/h7,9H,4-6H2,1-3H3,(H,14,17)(H,15,16)/t7-/m0/s1. The van der Waals surface area contributed by atoms with E-state index in [0.717, 1.165) is 0 Å². The summed E-state index contributed by atoms with van der Waals surface area (Å²) in [5, 5.41) is 10.4. The average Bonchev–Trinajstić information content (AvgIpc) is 2.12. The van der Waals surface area contributed by atoms with Gasteiger partial charge in [0.1, 0.15) is 5.60 Å². The van der Waals surface area contributed by atoms with Crippen molar-refractivity contribution in [3.63, 3.8) is 0 Å². The maximum atomic E-state index is 12.6. The van der Waals surface area contributed by atoms with Gasteiger partial charge in [-0.3, -0.25) is 4.79 Å². The molecule has 0 fully saturated rings. The summed E-state index contributed by atoms with van der Waals surface area (Å²) in [6, 6.07) is -1.39. The highest BCUT2D eigenvalue weighted by molar-refractivity contribution is 5.68. The van der Waals surface area contributed by atoms with Crippen LogP contribution in [0, 0.1) is 0 Å². The first kappa shape index (κ1) is 16.6. The largest absolute Gasteiger partial charge is 0.481 e. The zero-order chi connectivity index (χ0) is 14.3. The lowest BCUT2D eigenvalue weighted by atomic mass is 10.1. The zero-order valence-corrected chi connectivity index (χ0v) is 10.7. The van der Waals surface area contributed by atoms with Crippen molar-refractivity contribution in [3.05, 3.63) is 0 Å². The van der Waals surface area contributed by atoms with Crippen LogP contribution >= 0.6 is 0 Å². The summed E-state index contributed by atoms with van der Waals surface area (Å²) in [6.07, 6.45) is -3.93. The first-order valence-electron chi connectivity index (χ1n) is 5.61. The zero-order valence-electron chi connectivity index (χ0n) is 10.7. The van der Waals surface area contributed by atoms with E-state index in [4.69, 9.17) is 9.84 Å². The molecule has 0 saturated heterocycles. The molecule has 1 atom stereocenters. The van der Waals surface area contributed by atoms with E-state index in [1.807, 2.05) is 5.32 Å². The van der Waals surface area contributed by atoms with E-state index < -0.39 is 30.1 Å². The number of nitrogens with one attached hydrogen (secondary N) is 1. The fourth-order valence-electron chi connectivity index (χ4n) is 1.19. The molecule has 0 aliphatic heterocycles. The lowest BCUT2D eigenvalue weighted by Gasteiger charge is -2.23. The monoisotopic (exact) mass is 267 g/mol. The Balaban J connectivity index is 4.19. The minimum absolute atomic E-state index is 0.0696. The summed E-state index contributed by atoms with van der Waals surface area (Å²) in [5.74, 6) is -1.06. The number of carboxylic acids is 1. The first-order valence-corrected chi connectivity index (χ1v) is 5.61. The summed E-state index contributed by atoms with van der Waals surface area (Å²) in [7, 11) is 0.